The van der Waals surface area contributed by atoms with Crippen LogP contribution in [0.5, 0.6) is 0 Å². The Balaban J connectivity index is 3.83. The molecule has 0 saturated heterocycles. The number of allylic oxidation sites excluding steroid dienone is 1. The van der Waals surface area contributed by atoms with Crippen molar-refractivity contribution in [3.8, 4) is 0 Å². The molecule has 0 aromatic heterocycles. The maximum absolute atomic E-state index is 12.8. The predicted octanol–water partition coefficient (Wildman–Crippen LogP) is 2.11. The molecule has 0 heterocycles. The van der Waals surface area contributed by atoms with Gasteiger partial charge in [-0.2, -0.15) is 8.78 Å². The number of aliphatic hydroxyl groups excluding tert-OH is 2. The SMILES string of the molecule is CCCCC/C=C\C(F)(F)[C@H](O)CO. The predicted molar refractivity (Wildman–Crippen MR) is 51.3 cm³/mol. The molecular formula is C10H18F2O2. The minimum atomic E-state index is -3.32. The Labute approximate surface area is 83.3 Å². The molecule has 2 nitrogen and oxygen atoms in total. The number of hydrogen-bond donors (Lipinski definition) is 2. The molecule has 14 heavy (non-hydrogen) atoms. The summed E-state index contributed by atoms with van der Waals surface area (Å²) < 4.78 is 25.7. The fraction of sp³-hybridized carbons (Fsp3) is 0.800. The molecule has 0 saturated carbocycles. The van der Waals surface area contributed by atoms with E-state index in [2.05, 4.69) is 0 Å². The van der Waals surface area contributed by atoms with Crippen molar-refractivity contribution in [3.63, 3.8) is 0 Å². The number of aliphatic hydroxyl groups is 2. The van der Waals surface area contributed by atoms with Gasteiger partial charge in [-0.05, 0) is 18.9 Å². The molecule has 0 amide bonds. The van der Waals surface area contributed by atoms with Crippen LogP contribution in [0.1, 0.15) is 32.6 Å². The van der Waals surface area contributed by atoms with E-state index >= 15 is 0 Å². The van der Waals surface area contributed by atoms with Crippen LogP contribution in [0.4, 0.5) is 8.78 Å². The maximum atomic E-state index is 12.8. The van der Waals surface area contributed by atoms with Gasteiger partial charge in [0.2, 0.25) is 0 Å². The van der Waals surface area contributed by atoms with Crippen LogP contribution in [0, 0.1) is 0 Å². The Hall–Kier alpha value is -0.480. The molecule has 4 heteroatoms. The molecule has 1 atom stereocenters. The van der Waals surface area contributed by atoms with E-state index in [9.17, 15) is 8.78 Å². The van der Waals surface area contributed by atoms with E-state index in [1.54, 1.807) is 0 Å². The number of rotatable bonds is 7. The molecule has 0 aliphatic rings. The minimum Gasteiger partial charge on any atom is -0.393 e. The van der Waals surface area contributed by atoms with Crippen molar-refractivity contribution in [1.29, 1.82) is 0 Å². The Morgan fingerprint density at radius 1 is 1.36 bits per heavy atom. The molecule has 0 aromatic carbocycles. The van der Waals surface area contributed by atoms with Crippen LogP contribution in [-0.4, -0.2) is 28.8 Å². The first-order valence-corrected chi connectivity index (χ1v) is 4.89. The number of alkyl halides is 2. The van der Waals surface area contributed by atoms with Gasteiger partial charge in [-0.25, -0.2) is 0 Å². The summed E-state index contributed by atoms with van der Waals surface area (Å²) in [5, 5.41) is 17.1. The van der Waals surface area contributed by atoms with Crippen LogP contribution in [0.15, 0.2) is 12.2 Å². The highest BCUT2D eigenvalue weighted by Gasteiger charge is 2.34. The minimum absolute atomic E-state index is 0.585. The second-order valence-corrected chi connectivity index (χ2v) is 3.27. The van der Waals surface area contributed by atoms with Crippen molar-refractivity contribution in [3.05, 3.63) is 12.2 Å². The van der Waals surface area contributed by atoms with Gasteiger partial charge in [-0.1, -0.05) is 25.8 Å². The second kappa shape index (κ2) is 6.90. The largest absolute Gasteiger partial charge is 0.393 e. The van der Waals surface area contributed by atoms with Crippen LogP contribution < -0.4 is 0 Å². The Bertz CT molecular complexity index is 170. The highest BCUT2D eigenvalue weighted by Crippen LogP contribution is 2.20. The molecule has 2 N–H and O–H groups in total. The first-order chi connectivity index (χ1) is 6.54. The first-order valence-electron chi connectivity index (χ1n) is 4.89. The summed E-state index contributed by atoms with van der Waals surface area (Å²) in [5.74, 6) is -3.32. The lowest BCUT2D eigenvalue weighted by Crippen LogP contribution is -2.34. The summed E-state index contributed by atoms with van der Waals surface area (Å²) in [7, 11) is 0. The van der Waals surface area contributed by atoms with Crippen molar-refractivity contribution in [2.45, 2.75) is 44.6 Å². The van der Waals surface area contributed by atoms with Crippen molar-refractivity contribution in [1.82, 2.24) is 0 Å². The normalized spacial score (nSPS) is 14.9. The van der Waals surface area contributed by atoms with Gasteiger partial charge in [0.1, 0.15) is 6.10 Å². The molecular weight excluding hydrogens is 190 g/mol. The summed E-state index contributed by atoms with van der Waals surface area (Å²) in [6.07, 6.45) is 3.55. The average molecular weight is 208 g/mol. The van der Waals surface area contributed by atoms with Gasteiger partial charge in [-0.3, -0.25) is 0 Å². The molecule has 0 radical (unpaired) electrons. The van der Waals surface area contributed by atoms with Gasteiger partial charge in [0.05, 0.1) is 6.61 Å². The third-order valence-corrected chi connectivity index (χ3v) is 1.93. The molecule has 84 valence electrons. The number of hydrogen-bond acceptors (Lipinski definition) is 2. The van der Waals surface area contributed by atoms with E-state index in [0.717, 1.165) is 19.3 Å². The zero-order valence-electron chi connectivity index (χ0n) is 8.42. The Morgan fingerprint density at radius 3 is 2.50 bits per heavy atom. The monoisotopic (exact) mass is 208 g/mol. The van der Waals surface area contributed by atoms with E-state index in [4.69, 9.17) is 10.2 Å². The van der Waals surface area contributed by atoms with Gasteiger partial charge >= 0.3 is 0 Å². The van der Waals surface area contributed by atoms with E-state index < -0.39 is 18.6 Å². The van der Waals surface area contributed by atoms with Crippen molar-refractivity contribution in [2.24, 2.45) is 0 Å². The summed E-state index contributed by atoms with van der Waals surface area (Å²) in [5.41, 5.74) is 0. The average Bonchev–Trinajstić information content (AvgIpc) is 2.16. The number of unbranched alkanes of at least 4 members (excludes halogenated alkanes) is 3. The Kier molecular flexibility index (Phi) is 6.66. The molecule has 0 unspecified atom stereocenters. The molecule has 0 aliphatic carbocycles. The fourth-order valence-electron chi connectivity index (χ4n) is 0.985. The zero-order chi connectivity index (χ0) is 11.0. The van der Waals surface area contributed by atoms with E-state index in [-0.39, 0.29) is 0 Å². The van der Waals surface area contributed by atoms with Gasteiger partial charge in [0.15, 0.2) is 0 Å². The van der Waals surface area contributed by atoms with Gasteiger partial charge < -0.3 is 10.2 Å². The fourth-order valence-corrected chi connectivity index (χ4v) is 0.985. The highest BCUT2D eigenvalue weighted by molar-refractivity contribution is 4.98. The van der Waals surface area contributed by atoms with Crippen molar-refractivity contribution in [2.75, 3.05) is 6.61 Å². The number of halogens is 2. The second-order valence-electron chi connectivity index (χ2n) is 3.27. The third kappa shape index (κ3) is 5.29. The quantitative estimate of drug-likeness (QED) is 0.497. The summed E-state index contributed by atoms with van der Waals surface area (Å²) in [6.45, 7) is 1.11. The smallest absolute Gasteiger partial charge is 0.294 e. The van der Waals surface area contributed by atoms with Gasteiger partial charge in [-0.15, -0.1) is 0 Å². The van der Waals surface area contributed by atoms with E-state index in [0.29, 0.717) is 12.5 Å². The molecule has 0 aromatic rings. The Morgan fingerprint density at radius 2 is 2.00 bits per heavy atom. The van der Waals surface area contributed by atoms with Crippen molar-refractivity contribution < 1.29 is 19.0 Å². The van der Waals surface area contributed by atoms with Crippen LogP contribution in [0.2, 0.25) is 0 Å². The first kappa shape index (κ1) is 13.5. The standard InChI is InChI=1S/C10H18F2O2/c1-2-3-4-5-6-7-10(11,12)9(14)8-13/h6-7,9,13-14H,2-5,8H2,1H3/b7-6-/t9-/m1/s1. The molecule has 0 fully saturated rings. The van der Waals surface area contributed by atoms with Crippen molar-refractivity contribution >= 4 is 0 Å². The van der Waals surface area contributed by atoms with Gasteiger partial charge in [0.25, 0.3) is 5.92 Å². The van der Waals surface area contributed by atoms with Crippen LogP contribution in [0.25, 0.3) is 0 Å². The van der Waals surface area contributed by atoms with Crippen LogP contribution >= 0.6 is 0 Å². The van der Waals surface area contributed by atoms with Gasteiger partial charge in [0, 0.05) is 0 Å². The molecule has 0 aliphatic heterocycles. The molecule has 0 spiro atoms. The lowest BCUT2D eigenvalue weighted by atomic mass is 10.1. The highest BCUT2D eigenvalue weighted by atomic mass is 19.3. The summed E-state index contributed by atoms with van der Waals surface area (Å²) in [6, 6.07) is 0. The van der Waals surface area contributed by atoms with E-state index in [1.165, 1.54) is 6.08 Å². The molecule has 0 rings (SSSR count). The van der Waals surface area contributed by atoms with E-state index in [1.807, 2.05) is 6.92 Å². The summed E-state index contributed by atoms with van der Waals surface area (Å²) >= 11 is 0. The topological polar surface area (TPSA) is 40.5 Å². The lowest BCUT2D eigenvalue weighted by molar-refractivity contribution is -0.0900. The third-order valence-electron chi connectivity index (χ3n) is 1.93. The summed E-state index contributed by atoms with van der Waals surface area (Å²) in [4.78, 5) is 0. The lowest BCUT2D eigenvalue weighted by Gasteiger charge is -2.16. The maximum Gasteiger partial charge on any atom is 0.294 e. The van der Waals surface area contributed by atoms with Crippen LogP contribution in [-0.2, 0) is 0 Å². The molecule has 0 bridgehead atoms. The zero-order valence-corrected chi connectivity index (χ0v) is 8.42. The van der Waals surface area contributed by atoms with Crippen LogP contribution in [0.3, 0.4) is 0 Å².